The molecule has 3 N–H and O–H groups in total. The number of benzene rings is 2. The van der Waals surface area contributed by atoms with Gasteiger partial charge in [-0.1, -0.05) is 24.3 Å². The van der Waals surface area contributed by atoms with Crippen LogP contribution in [0.3, 0.4) is 0 Å². The van der Waals surface area contributed by atoms with E-state index >= 15 is 0 Å². The van der Waals surface area contributed by atoms with Gasteiger partial charge in [-0.3, -0.25) is 0 Å². The lowest BCUT2D eigenvalue weighted by Gasteiger charge is -2.15. The van der Waals surface area contributed by atoms with Gasteiger partial charge < -0.3 is 11.1 Å². The average molecular weight is 432 g/mol. The zero-order valence-corrected chi connectivity index (χ0v) is 18.5. The summed E-state index contributed by atoms with van der Waals surface area (Å²) in [7, 11) is 0. The van der Waals surface area contributed by atoms with Gasteiger partial charge in [-0.15, -0.1) is 0 Å². The van der Waals surface area contributed by atoms with E-state index in [1.54, 1.807) is 12.1 Å². The molecule has 7 heteroatoms. The molecule has 0 fully saturated rings. The fourth-order valence-electron chi connectivity index (χ4n) is 3.96. The maximum absolute atomic E-state index is 9.07. The van der Waals surface area contributed by atoms with Crippen LogP contribution in [0.2, 0.25) is 0 Å². The lowest BCUT2D eigenvalue weighted by Crippen LogP contribution is -2.05. The molecule has 2 aromatic heterocycles. The topological polar surface area (TPSA) is 124 Å². The molecule has 0 bridgehead atoms. The molecule has 2 aromatic carbocycles. The molecule has 0 aliphatic heterocycles. The number of allylic oxidation sites excluding steroid dienone is 1. The molecule has 0 aliphatic carbocycles. The average Bonchev–Trinajstić information content (AvgIpc) is 2.79. The molecule has 0 spiro atoms. The molecule has 4 aromatic rings. The molecule has 2 heterocycles. The fourth-order valence-corrected chi connectivity index (χ4v) is 3.96. The quantitative estimate of drug-likeness (QED) is 0.417. The van der Waals surface area contributed by atoms with Crippen LogP contribution in [-0.4, -0.2) is 15.0 Å². The summed E-state index contributed by atoms with van der Waals surface area (Å²) in [5, 5.41) is 21.8. The number of nitrogens with two attached hydrogens (primary N) is 1. The van der Waals surface area contributed by atoms with Crippen LogP contribution >= 0.6 is 0 Å². The van der Waals surface area contributed by atoms with Crippen molar-refractivity contribution in [3.05, 3.63) is 76.5 Å². The van der Waals surface area contributed by atoms with Gasteiger partial charge in [-0.25, -0.2) is 9.97 Å². The second-order valence-electron chi connectivity index (χ2n) is 7.75. The number of anilines is 3. The Balaban J connectivity index is 1.85. The van der Waals surface area contributed by atoms with Crippen LogP contribution < -0.4 is 11.1 Å². The van der Waals surface area contributed by atoms with Gasteiger partial charge in [0, 0.05) is 23.2 Å². The minimum absolute atomic E-state index is 0.330. The predicted octanol–water partition coefficient (Wildman–Crippen LogP) is 5.35. The molecule has 160 valence electrons. The summed E-state index contributed by atoms with van der Waals surface area (Å²) in [4.78, 5) is 13.5. The number of aryl methyl sites for hydroxylation is 3. The molecule has 33 heavy (non-hydrogen) atoms. The lowest BCUT2D eigenvalue weighted by atomic mass is 9.92. The highest BCUT2D eigenvalue weighted by atomic mass is 15.2. The first-order chi connectivity index (χ1) is 15.9. The van der Waals surface area contributed by atoms with Gasteiger partial charge in [0.25, 0.3) is 0 Å². The molecule has 7 nitrogen and oxygen atoms in total. The number of nitrogens with zero attached hydrogens (tertiary/aromatic N) is 5. The lowest BCUT2D eigenvalue weighted by molar-refractivity contribution is 1.17. The van der Waals surface area contributed by atoms with Crippen LogP contribution in [0.15, 0.2) is 48.7 Å². The first kappa shape index (κ1) is 21.5. The Morgan fingerprint density at radius 1 is 1.00 bits per heavy atom. The Hall–Kier alpha value is -4.75. The molecular formula is C26H21N7. The van der Waals surface area contributed by atoms with Gasteiger partial charge in [-0.2, -0.15) is 15.5 Å². The minimum atomic E-state index is 0.330. The minimum Gasteiger partial charge on any atom is -0.383 e. The number of hydrogen-bond acceptors (Lipinski definition) is 7. The monoisotopic (exact) mass is 431 g/mol. The van der Waals surface area contributed by atoms with Crippen LogP contribution in [0, 0.1) is 43.4 Å². The van der Waals surface area contributed by atoms with E-state index in [0.717, 1.165) is 44.3 Å². The summed E-state index contributed by atoms with van der Waals surface area (Å²) in [6.07, 6.45) is 4.76. The van der Waals surface area contributed by atoms with Crippen LogP contribution in [-0.2, 0) is 0 Å². The summed E-state index contributed by atoms with van der Waals surface area (Å²) in [5.74, 6) is 1.25. The van der Waals surface area contributed by atoms with E-state index < -0.39 is 0 Å². The highest BCUT2D eigenvalue weighted by molar-refractivity contribution is 6.00. The van der Waals surface area contributed by atoms with Crippen molar-refractivity contribution in [1.82, 2.24) is 15.0 Å². The zero-order valence-electron chi connectivity index (χ0n) is 18.5. The SMILES string of the molecule is Cc1cc(C#N)cnc1Nc1nc(N)c2cccc(-c3c(C)cc(C=CC#N)cc3C)c2n1. The molecular weight excluding hydrogens is 410 g/mol. The number of nitriles is 2. The van der Waals surface area contributed by atoms with Crippen molar-refractivity contribution in [2.45, 2.75) is 20.8 Å². The molecule has 0 aliphatic rings. The van der Waals surface area contributed by atoms with Crippen molar-refractivity contribution in [3.63, 3.8) is 0 Å². The number of rotatable bonds is 4. The van der Waals surface area contributed by atoms with E-state index in [0.29, 0.717) is 23.1 Å². The fraction of sp³-hybridized carbons (Fsp3) is 0.115. The number of pyridine rings is 1. The standard InChI is InChI=1S/C26H21N7/c1-15-10-18(6-5-9-27)11-16(2)22(15)20-7-4-8-21-23(20)31-26(32-24(21)29)33-25-17(3)12-19(13-28)14-30-25/h4-8,10-12,14H,1-3H3,(H3,29,30,31,32,33). The van der Waals surface area contributed by atoms with Crippen LogP contribution in [0.25, 0.3) is 28.1 Å². The summed E-state index contributed by atoms with van der Waals surface area (Å²) in [6.45, 7) is 5.94. The van der Waals surface area contributed by atoms with Gasteiger partial charge in [-0.05, 0) is 66.8 Å². The van der Waals surface area contributed by atoms with Crippen molar-refractivity contribution in [3.8, 4) is 23.3 Å². The maximum atomic E-state index is 9.07. The number of hydrogen-bond donors (Lipinski definition) is 2. The van der Waals surface area contributed by atoms with Crippen LogP contribution in [0.1, 0.15) is 27.8 Å². The van der Waals surface area contributed by atoms with E-state index in [1.807, 2.05) is 57.2 Å². The molecule has 0 amide bonds. The van der Waals surface area contributed by atoms with Crippen LogP contribution in [0.5, 0.6) is 0 Å². The highest BCUT2D eigenvalue weighted by Crippen LogP contribution is 2.35. The summed E-state index contributed by atoms with van der Waals surface area (Å²) < 4.78 is 0. The smallest absolute Gasteiger partial charge is 0.230 e. The molecule has 0 saturated carbocycles. The second kappa shape index (κ2) is 8.78. The third-order valence-electron chi connectivity index (χ3n) is 5.37. The molecule has 0 saturated heterocycles. The summed E-state index contributed by atoms with van der Waals surface area (Å²) in [5.41, 5.74) is 13.4. The first-order valence-electron chi connectivity index (χ1n) is 10.3. The highest BCUT2D eigenvalue weighted by Gasteiger charge is 2.15. The Labute approximate surface area is 191 Å². The maximum Gasteiger partial charge on any atom is 0.230 e. The predicted molar refractivity (Wildman–Crippen MR) is 130 cm³/mol. The number of para-hydroxylation sites is 1. The van der Waals surface area contributed by atoms with Crippen LogP contribution in [0.4, 0.5) is 17.6 Å². The van der Waals surface area contributed by atoms with Gasteiger partial charge in [0.2, 0.25) is 5.95 Å². The Morgan fingerprint density at radius 3 is 2.42 bits per heavy atom. The Morgan fingerprint density at radius 2 is 1.76 bits per heavy atom. The largest absolute Gasteiger partial charge is 0.383 e. The Kier molecular flexibility index (Phi) is 5.71. The third-order valence-corrected chi connectivity index (χ3v) is 5.37. The van der Waals surface area contributed by atoms with Crippen molar-refractivity contribution in [2.24, 2.45) is 0 Å². The van der Waals surface area contributed by atoms with Crippen molar-refractivity contribution < 1.29 is 0 Å². The van der Waals surface area contributed by atoms with E-state index in [9.17, 15) is 0 Å². The Bertz CT molecular complexity index is 1480. The van der Waals surface area contributed by atoms with Gasteiger partial charge in [0.05, 0.1) is 17.1 Å². The summed E-state index contributed by atoms with van der Waals surface area (Å²) >= 11 is 0. The van der Waals surface area contributed by atoms with E-state index in [1.165, 1.54) is 12.3 Å². The van der Waals surface area contributed by atoms with E-state index in [4.69, 9.17) is 21.2 Å². The molecule has 0 radical (unpaired) electrons. The molecule has 4 rings (SSSR count). The van der Waals surface area contributed by atoms with E-state index in [2.05, 4.69) is 21.4 Å². The molecule has 0 unspecified atom stereocenters. The second-order valence-corrected chi connectivity index (χ2v) is 7.75. The van der Waals surface area contributed by atoms with Gasteiger partial charge >= 0.3 is 0 Å². The number of fused-ring (bicyclic) bond motifs is 1. The number of nitrogens with one attached hydrogen (secondary N) is 1. The summed E-state index contributed by atoms with van der Waals surface area (Å²) in [6, 6.07) is 15.8. The normalized spacial score (nSPS) is 10.8. The zero-order chi connectivity index (χ0) is 23.5. The third kappa shape index (κ3) is 4.21. The van der Waals surface area contributed by atoms with E-state index in [-0.39, 0.29) is 0 Å². The van der Waals surface area contributed by atoms with Crippen molar-refractivity contribution >= 4 is 34.6 Å². The number of aromatic nitrogens is 3. The van der Waals surface area contributed by atoms with Gasteiger partial charge in [0.15, 0.2) is 0 Å². The number of nitrogen functional groups attached to an aromatic ring is 1. The van der Waals surface area contributed by atoms with Gasteiger partial charge in [0.1, 0.15) is 17.7 Å². The first-order valence-corrected chi connectivity index (χ1v) is 10.3. The van der Waals surface area contributed by atoms with Crippen molar-refractivity contribution in [2.75, 3.05) is 11.1 Å². The molecule has 0 atom stereocenters. The van der Waals surface area contributed by atoms with Crippen molar-refractivity contribution in [1.29, 1.82) is 10.5 Å².